The van der Waals surface area contributed by atoms with Gasteiger partial charge in [0.2, 0.25) is 0 Å². The Labute approximate surface area is 174 Å². The fourth-order valence-corrected chi connectivity index (χ4v) is 3.37. The topological polar surface area (TPSA) is 50.8 Å². The molecule has 1 aliphatic heterocycles. The number of ether oxygens (including phenoxy) is 2. The van der Waals surface area contributed by atoms with E-state index in [9.17, 15) is 4.79 Å². The summed E-state index contributed by atoms with van der Waals surface area (Å²) in [6.45, 7) is 9.86. The molecule has 1 N–H and O–H groups in total. The lowest BCUT2D eigenvalue weighted by molar-refractivity contribution is 0.0187. The maximum absolute atomic E-state index is 12.4. The summed E-state index contributed by atoms with van der Waals surface area (Å²) in [4.78, 5) is 14.2. The molecule has 2 aromatic rings. The number of amides is 1. The fraction of sp³-hybridized carbons (Fsp3) is 0.458. The van der Waals surface area contributed by atoms with Crippen molar-refractivity contribution in [3.63, 3.8) is 0 Å². The summed E-state index contributed by atoms with van der Waals surface area (Å²) in [7, 11) is 0. The van der Waals surface area contributed by atoms with Gasteiger partial charge in [0, 0.05) is 31.2 Å². The molecule has 1 atom stereocenters. The van der Waals surface area contributed by atoms with Crippen molar-refractivity contribution in [3.8, 4) is 11.5 Å². The number of carbonyl (C=O) groups excluding carboxylic acids is 1. The van der Waals surface area contributed by atoms with Crippen LogP contribution in [0.25, 0.3) is 0 Å². The molecule has 0 aliphatic carbocycles. The van der Waals surface area contributed by atoms with Gasteiger partial charge in [0.25, 0.3) is 0 Å². The van der Waals surface area contributed by atoms with Gasteiger partial charge in [0.15, 0.2) is 0 Å². The second kappa shape index (κ2) is 9.31. The Hall–Kier alpha value is -2.53. The lowest BCUT2D eigenvalue weighted by Crippen LogP contribution is -2.49. The number of para-hydroxylation sites is 1. The molecule has 1 heterocycles. The molecule has 1 aliphatic rings. The van der Waals surface area contributed by atoms with Gasteiger partial charge < -0.3 is 19.7 Å². The Bertz CT molecular complexity index is 812. The predicted octanol–water partition coefficient (Wildman–Crippen LogP) is 5.28. The van der Waals surface area contributed by atoms with Gasteiger partial charge in [-0.15, -0.1) is 0 Å². The summed E-state index contributed by atoms with van der Waals surface area (Å²) < 4.78 is 11.6. The molecule has 29 heavy (non-hydrogen) atoms. The smallest absolute Gasteiger partial charge is 0.410 e. The van der Waals surface area contributed by atoms with Gasteiger partial charge in [-0.05, 0) is 58.7 Å². The predicted molar refractivity (Wildman–Crippen MR) is 115 cm³/mol. The quantitative estimate of drug-likeness (QED) is 0.747. The molecule has 0 saturated carbocycles. The Kier molecular flexibility index (Phi) is 6.80. The van der Waals surface area contributed by atoms with Crippen molar-refractivity contribution >= 4 is 6.09 Å². The van der Waals surface area contributed by atoms with E-state index in [2.05, 4.69) is 18.3 Å². The normalized spacial score (nSPS) is 17.1. The number of hydrogen-bond acceptors (Lipinski definition) is 4. The van der Waals surface area contributed by atoms with Gasteiger partial charge in [0.1, 0.15) is 17.1 Å². The van der Waals surface area contributed by atoms with E-state index in [-0.39, 0.29) is 12.1 Å². The average Bonchev–Trinajstić information content (AvgIpc) is 2.68. The minimum atomic E-state index is -0.469. The van der Waals surface area contributed by atoms with Crippen LogP contribution in [0.3, 0.4) is 0 Å². The molecule has 5 heteroatoms. The Morgan fingerprint density at radius 2 is 1.86 bits per heavy atom. The molecule has 2 aromatic carbocycles. The highest BCUT2D eigenvalue weighted by atomic mass is 16.6. The van der Waals surface area contributed by atoms with Crippen LogP contribution in [0, 0.1) is 6.92 Å². The number of rotatable bonds is 5. The fourth-order valence-electron chi connectivity index (χ4n) is 3.37. The highest BCUT2D eigenvalue weighted by molar-refractivity contribution is 5.68. The van der Waals surface area contributed by atoms with E-state index in [0.29, 0.717) is 13.1 Å². The molecule has 1 saturated heterocycles. The van der Waals surface area contributed by atoms with Crippen molar-refractivity contribution in [3.05, 3.63) is 59.7 Å². The Morgan fingerprint density at radius 3 is 2.59 bits per heavy atom. The first-order valence-electron chi connectivity index (χ1n) is 10.3. The number of piperidine rings is 1. The molecule has 156 valence electrons. The van der Waals surface area contributed by atoms with Crippen molar-refractivity contribution < 1.29 is 14.3 Å². The Morgan fingerprint density at radius 1 is 1.14 bits per heavy atom. The summed E-state index contributed by atoms with van der Waals surface area (Å²) >= 11 is 0. The van der Waals surface area contributed by atoms with Crippen molar-refractivity contribution in [1.82, 2.24) is 10.2 Å². The van der Waals surface area contributed by atoms with Crippen molar-refractivity contribution in [2.75, 3.05) is 13.1 Å². The first kappa shape index (κ1) is 21.2. The summed E-state index contributed by atoms with van der Waals surface area (Å²) in [5.74, 6) is 1.68. The largest absolute Gasteiger partial charge is 0.457 e. The SMILES string of the molecule is Cc1ccc(Oc2ccccc2CNC2CCCN(C(=O)OC(C)(C)C)C2)cc1. The number of benzene rings is 2. The number of nitrogens with one attached hydrogen (secondary N) is 1. The van der Waals surface area contributed by atoms with Crippen LogP contribution in [0.5, 0.6) is 11.5 Å². The van der Waals surface area contributed by atoms with E-state index < -0.39 is 5.60 Å². The summed E-state index contributed by atoms with van der Waals surface area (Å²) in [5, 5.41) is 3.59. The molecular formula is C24H32N2O3. The summed E-state index contributed by atoms with van der Waals surface area (Å²) in [6, 6.07) is 16.4. The van der Waals surface area contributed by atoms with E-state index in [0.717, 1.165) is 36.4 Å². The van der Waals surface area contributed by atoms with Crippen LogP contribution in [0.15, 0.2) is 48.5 Å². The lowest BCUT2D eigenvalue weighted by atomic mass is 10.1. The molecular weight excluding hydrogens is 364 g/mol. The van der Waals surface area contributed by atoms with Crippen LogP contribution in [0.1, 0.15) is 44.7 Å². The van der Waals surface area contributed by atoms with Crippen LogP contribution in [-0.4, -0.2) is 35.7 Å². The highest BCUT2D eigenvalue weighted by Crippen LogP contribution is 2.26. The average molecular weight is 397 g/mol. The van der Waals surface area contributed by atoms with Crippen LogP contribution in [0.4, 0.5) is 4.79 Å². The number of carbonyl (C=O) groups is 1. The lowest BCUT2D eigenvalue weighted by Gasteiger charge is -2.34. The molecule has 1 amide bonds. The molecule has 5 nitrogen and oxygen atoms in total. The second-order valence-electron chi connectivity index (χ2n) is 8.67. The minimum absolute atomic E-state index is 0.230. The number of aryl methyl sites for hydroxylation is 1. The van der Waals surface area contributed by atoms with E-state index in [1.807, 2.05) is 63.2 Å². The van der Waals surface area contributed by atoms with Gasteiger partial charge in [0.05, 0.1) is 0 Å². The molecule has 3 rings (SSSR count). The van der Waals surface area contributed by atoms with E-state index in [1.54, 1.807) is 4.90 Å². The van der Waals surface area contributed by atoms with Gasteiger partial charge in [-0.3, -0.25) is 0 Å². The van der Waals surface area contributed by atoms with Crippen LogP contribution < -0.4 is 10.1 Å². The third-order valence-corrected chi connectivity index (χ3v) is 4.88. The van der Waals surface area contributed by atoms with Gasteiger partial charge >= 0.3 is 6.09 Å². The zero-order chi connectivity index (χ0) is 20.9. The molecule has 0 spiro atoms. The number of nitrogens with zero attached hydrogens (tertiary/aromatic N) is 1. The first-order valence-corrected chi connectivity index (χ1v) is 10.3. The molecule has 1 unspecified atom stereocenters. The van der Waals surface area contributed by atoms with Crippen molar-refractivity contribution in [1.29, 1.82) is 0 Å². The molecule has 0 bridgehead atoms. The monoisotopic (exact) mass is 396 g/mol. The third-order valence-electron chi connectivity index (χ3n) is 4.88. The third kappa shape index (κ3) is 6.50. The Balaban J connectivity index is 1.58. The van der Waals surface area contributed by atoms with Crippen molar-refractivity contribution in [2.24, 2.45) is 0 Å². The van der Waals surface area contributed by atoms with Crippen LogP contribution in [0.2, 0.25) is 0 Å². The van der Waals surface area contributed by atoms with Crippen molar-refractivity contribution in [2.45, 2.75) is 58.7 Å². The minimum Gasteiger partial charge on any atom is -0.457 e. The van der Waals surface area contributed by atoms with Gasteiger partial charge in [-0.25, -0.2) is 4.79 Å². The van der Waals surface area contributed by atoms with Crippen LogP contribution >= 0.6 is 0 Å². The number of hydrogen-bond donors (Lipinski definition) is 1. The van der Waals surface area contributed by atoms with E-state index >= 15 is 0 Å². The second-order valence-corrected chi connectivity index (χ2v) is 8.67. The van der Waals surface area contributed by atoms with Gasteiger partial charge in [-0.2, -0.15) is 0 Å². The molecule has 0 radical (unpaired) electrons. The van der Waals surface area contributed by atoms with Gasteiger partial charge in [-0.1, -0.05) is 35.9 Å². The maximum Gasteiger partial charge on any atom is 0.410 e. The summed E-state index contributed by atoms with van der Waals surface area (Å²) in [6.07, 6.45) is 1.78. The maximum atomic E-state index is 12.4. The highest BCUT2D eigenvalue weighted by Gasteiger charge is 2.27. The van der Waals surface area contributed by atoms with E-state index in [1.165, 1.54) is 5.56 Å². The standard InChI is InChI=1S/C24H32N2O3/c1-18-11-13-21(14-12-18)28-22-10-6-5-8-19(22)16-25-20-9-7-15-26(17-20)23(27)29-24(2,3)4/h5-6,8,10-14,20,25H,7,9,15-17H2,1-4H3. The van der Waals surface area contributed by atoms with E-state index in [4.69, 9.17) is 9.47 Å². The summed E-state index contributed by atoms with van der Waals surface area (Å²) in [5.41, 5.74) is 1.84. The first-order chi connectivity index (χ1) is 13.8. The number of likely N-dealkylation sites (tertiary alicyclic amines) is 1. The van der Waals surface area contributed by atoms with Crippen LogP contribution in [-0.2, 0) is 11.3 Å². The zero-order valence-corrected chi connectivity index (χ0v) is 17.9. The molecule has 0 aromatic heterocycles. The zero-order valence-electron chi connectivity index (χ0n) is 17.9. The molecule has 1 fully saturated rings.